The molecule has 0 radical (unpaired) electrons. The van der Waals surface area contributed by atoms with E-state index in [1.807, 2.05) is 4.90 Å². The first-order chi connectivity index (χ1) is 21.1. The van der Waals surface area contributed by atoms with E-state index in [2.05, 4.69) is 107 Å². The summed E-state index contributed by atoms with van der Waals surface area (Å²) in [6.45, 7) is 13.4. The molecule has 0 bridgehead atoms. The minimum absolute atomic E-state index is 0. The van der Waals surface area contributed by atoms with Gasteiger partial charge in [0, 0.05) is 28.1 Å². The van der Waals surface area contributed by atoms with Gasteiger partial charge in [-0.15, -0.1) is 12.4 Å². The maximum atomic E-state index is 12.7. The largest absolute Gasteiger partial charge is 0.331 e. The number of carbonyl (C=O) groups is 1. The first kappa shape index (κ1) is 38.3. The van der Waals surface area contributed by atoms with Crippen LogP contribution < -0.4 is 16.4 Å². The number of nitrogens with two attached hydrogens (primary N) is 1. The summed E-state index contributed by atoms with van der Waals surface area (Å²) >= 11 is 7.06. The Balaban J connectivity index is 0.000000210. The van der Waals surface area contributed by atoms with Crippen molar-refractivity contribution in [2.24, 2.45) is 29.4 Å². The van der Waals surface area contributed by atoms with E-state index in [0.717, 1.165) is 55.1 Å². The van der Waals surface area contributed by atoms with Crippen molar-refractivity contribution >= 4 is 50.3 Å². The number of carbonyl (C=O) groups excluding carboxylic acids is 1. The maximum absolute atomic E-state index is 12.7. The Kier molecular flexibility index (Phi) is 16.2. The van der Waals surface area contributed by atoms with Crippen molar-refractivity contribution in [3.63, 3.8) is 0 Å². The highest BCUT2D eigenvalue weighted by atomic mass is 79.9. The van der Waals surface area contributed by atoms with Gasteiger partial charge in [0.25, 0.3) is 0 Å². The minimum atomic E-state index is 0. The average molecular weight is 769 g/mol. The Morgan fingerprint density at radius 3 is 2.00 bits per heavy atom. The van der Waals surface area contributed by atoms with Crippen LogP contribution in [0.15, 0.2) is 45.3 Å². The van der Waals surface area contributed by atoms with Crippen LogP contribution in [0, 0.1) is 23.7 Å². The number of urea groups is 1. The molecule has 252 valence electrons. The fourth-order valence-corrected chi connectivity index (χ4v) is 7.91. The first-order valence-corrected chi connectivity index (χ1v) is 18.8. The highest BCUT2D eigenvalue weighted by Gasteiger charge is 2.30. The number of hydrogen-bond acceptors (Lipinski definition) is 3. The zero-order valence-electron chi connectivity index (χ0n) is 27.9. The predicted molar refractivity (Wildman–Crippen MR) is 199 cm³/mol. The Labute approximate surface area is 296 Å². The molecule has 2 aliphatic heterocycles. The van der Waals surface area contributed by atoms with Crippen molar-refractivity contribution in [1.82, 2.24) is 15.5 Å². The normalized spacial score (nSPS) is 24.2. The number of nitrogens with one attached hydrogen (secondary N) is 2. The summed E-state index contributed by atoms with van der Waals surface area (Å²) in [7, 11) is 0. The lowest BCUT2D eigenvalue weighted by molar-refractivity contribution is 0.200. The monoisotopic (exact) mass is 766 g/mol. The number of likely N-dealkylation sites (tertiary alicyclic amines) is 1. The van der Waals surface area contributed by atoms with E-state index < -0.39 is 0 Å². The van der Waals surface area contributed by atoms with E-state index in [-0.39, 0.29) is 30.5 Å². The van der Waals surface area contributed by atoms with Gasteiger partial charge in [-0.25, -0.2) is 4.79 Å². The van der Waals surface area contributed by atoms with Gasteiger partial charge < -0.3 is 21.3 Å². The summed E-state index contributed by atoms with van der Waals surface area (Å²) in [6, 6.07) is 13.5. The Hall–Kier alpha value is -1.12. The number of rotatable bonds is 3. The van der Waals surface area contributed by atoms with Crippen LogP contribution in [0.3, 0.4) is 0 Å². The van der Waals surface area contributed by atoms with Gasteiger partial charge in [-0.05, 0) is 135 Å². The van der Waals surface area contributed by atoms with E-state index in [1.54, 1.807) is 0 Å². The summed E-state index contributed by atoms with van der Waals surface area (Å²) < 4.78 is 2.29. The quantitative estimate of drug-likeness (QED) is 0.273. The van der Waals surface area contributed by atoms with Crippen LogP contribution in [-0.4, -0.2) is 37.1 Å². The zero-order valence-corrected chi connectivity index (χ0v) is 31.9. The third-order valence-corrected chi connectivity index (χ3v) is 11.2. The summed E-state index contributed by atoms with van der Waals surface area (Å²) in [6.07, 6.45) is 11.9. The van der Waals surface area contributed by atoms with Crippen LogP contribution in [-0.2, 0) is 12.8 Å². The van der Waals surface area contributed by atoms with Gasteiger partial charge in [-0.1, -0.05) is 84.5 Å². The van der Waals surface area contributed by atoms with Crippen molar-refractivity contribution in [3.8, 4) is 0 Å². The molecule has 4 unspecified atom stereocenters. The first-order valence-electron chi connectivity index (χ1n) is 17.2. The van der Waals surface area contributed by atoms with Crippen molar-refractivity contribution in [2.75, 3.05) is 26.2 Å². The molecule has 0 aromatic heterocycles. The number of amides is 2. The smallest absolute Gasteiger partial charge is 0.317 e. The van der Waals surface area contributed by atoms with Gasteiger partial charge in [-0.2, -0.15) is 0 Å². The zero-order chi connectivity index (χ0) is 31.6. The third kappa shape index (κ3) is 11.5. The molecule has 5 nitrogen and oxygen atoms in total. The Morgan fingerprint density at radius 2 is 1.44 bits per heavy atom. The highest BCUT2D eigenvalue weighted by molar-refractivity contribution is 9.10. The van der Waals surface area contributed by atoms with Crippen LogP contribution in [0.4, 0.5) is 4.79 Å². The van der Waals surface area contributed by atoms with Gasteiger partial charge in [0.1, 0.15) is 0 Å². The molecule has 2 saturated heterocycles. The molecule has 0 saturated carbocycles. The van der Waals surface area contributed by atoms with E-state index in [4.69, 9.17) is 5.73 Å². The fourth-order valence-electron chi connectivity index (χ4n) is 7.09. The van der Waals surface area contributed by atoms with Gasteiger partial charge in [0.05, 0.1) is 6.04 Å². The molecule has 2 amide bonds. The molecule has 2 heterocycles. The SMILES string of the molecule is CC(C)C1CCN(C(=O)NC2CCCCc3cc(Br)ccc32)C1.CC(C)C1CCNC1.Cl.NC1CCCCc2cc(Br)ccc21. The number of benzene rings is 2. The lowest BCUT2D eigenvalue weighted by Gasteiger charge is -2.24. The maximum Gasteiger partial charge on any atom is 0.317 e. The van der Waals surface area contributed by atoms with Crippen LogP contribution in [0.25, 0.3) is 0 Å². The molecule has 4 N–H and O–H groups in total. The van der Waals surface area contributed by atoms with E-state index in [9.17, 15) is 4.79 Å². The van der Waals surface area contributed by atoms with Crippen LogP contribution in [0.2, 0.25) is 0 Å². The predicted octanol–water partition coefficient (Wildman–Crippen LogP) is 9.75. The number of hydrogen-bond donors (Lipinski definition) is 3. The average Bonchev–Trinajstić information content (AvgIpc) is 3.65. The van der Waals surface area contributed by atoms with E-state index >= 15 is 0 Å². The molecular formula is C37H57Br2ClN4O. The summed E-state index contributed by atoms with van der Waals surface area (Å²) in [4.78, 5) is 14.7. The van der Waals surface area contributed by atoms with Gasteiger partial charge in [-0.3, -0.25) is 0 Å². The van der Waals surface area contributed by atoms with Crippen molar-refractivity contribution in [3.05, 3.63) is 67.6 Å². The molecule has 0 spiro atoms. The van der Waals surface area contributed by atoms with Crippen LogP contribution in [0.5, 0.6) is 0 Å². The van der Waals surface area contributed by atoms with E-state index in [1.165, 1.54) is 78.3 Å². The molecule has 2 aromatic rings. The van der Waals surface area contributed by atoms with Crippen molar-refractivity contribution in [2.45, 2.75) is 104 Å². The molecule has 2 aliphatic carbocycles. The number of fused-ring (bicyclic) bond motifs is 2. The molecular weight excluding hydrogens is 712 g/mol. The minimum Gasteiger partial charge on any atom is -0.331 e. The second kappa shape index (κ2) is 19.0. The second-order valence-corrected chi connectivity index (χ2v) is 15.9. The molecule has 4 atom stereocenters. The second-order valence-electron chi connectivity index (χ2n) is 14.0. The molecule has 4 aliphatic rings. The lowest BCUT2D eigenvalue weighted by Crippen LogP contribution is -2.40. The van der Waals surface area contributed by atoms with E-state index in [0.29, 0.717) is 11.8 Å². The molecule has 6 rings (SSSR count). The number of nitrogens with zero attached hydrogens (tertiary/aromatic N) is 1. The highest BCUT2D eigenvalue weighted by Crippen LogP contribution is 2.32. The van der Waals surface area contributed by atoms with Gasteiger partial charge in [0.15, 0.2) is 0 Å². The standard InChI is InChI=1S/C19H27BrN2O.C11H14BrN.C7H15N.ClH/c1-13(2)15-9-10-22(12-15)19(23)21-18-6-4-3-5-14-11-16(20)7-8-17(14)18;12-9-5-6-10-8(7-9)3-1-2-4-11(10)13;1-6(2)7-3-4-8-5-7;/h7-8,11,13,15,18H,3-6,9-10,12H2,1-2H3,(H,21,23);5-7,11H,1-4,13H2;6-8H,3-5H2,1-2H3;1H. The summed E-state index contributed by atoms with van der Waals surface area (Å²) in [5.74, 6) is 3.14. The molecule has 8 heteroatoms. The topological polar surface area (TPSA) is 70.4 Å². The summed E-state index contributed by atoms with van der Waals surface area (Å²) in [5, 5.41) is 6.66. The van der Waals surface area contributed by atoms with Crippen LogP contribution in [0.1, 0.15) is 113 Å². The van der Waals surface area contributed by atoms with Crippen LogP contribution >= 0.6 is 44.3 Å². The Morgan fingerprint density at radius 1 is 0.844 bits per heavy atom. The Bertz CT molecular complexity index is 1200. The van der Waals surface area contributed by atoms with Gasteiger partial charge >= 0.3 is 6.03 Å². The van der Waals surface area contributed by atoms with Crippen molar-refractivity contribution in [1.29, 1.82) is 0 Å². The lowest BCUT2D eigenvalue weighted by atomic mass is 9.95. The van der Waals surface area contributed by atoms with Gasteiger partial charge in [0.2, 0.25) is 0 Å². The summed E-state index contributed by atoms with van der Waals surface area (Å²) in [5.41, 5.74) is 11.5. The number of aryl methyl sites for hydroxylation is 2. The van der Waals surface area contributed by atoms with Crippen molar-refractivity contribution < 1.29 is 4.79 Å². The molecule has 45 heavy (non-hydrogen) atoms. The molecule has 2 aromatic carbocycles. The fraction of sp³-hybridized carbons (Fsp3) is 0.649. The molecule has 2 fully saturated rings. The number of halogens is 3. The third-order valence-electron chi connectivity index (χ3n) is 10.2.